The van der Waals surface area contributed by atoms with Crippen molar-refractivity contribution in [3.63, 3.8) is 0 Å². The molecule has 4 atom stereocenters. The van der Waals surface area contributed by atoms with Crippen LogP contribution in [-0.2, 0) is 4.74 Å². The predicted molar refractivity (Wildman–Crippen MR) is 69.0 cm³/mol. The number of nitrogens with one attached hydrogen (secondary N) is 1. The van der Waals surface area contributed by atoms with Gasteiger partial charge in [0.05, 0.1) is 23.8 Å². The zero-order chi connectivity index (χ0) is 12.5. The Hall–Kier alpha value is -1.37. The van der Waals surface area contributed by atoms with Gasteiger partial charge in [0.1, 0.15) is 0 Å². The first-order valence-electron chi connectivity index (χ1n) is 6.68. The quantitative estimate of drug-likeness (QED) is 0.886. The van der Waals surface area contributed by atoms with Crippen LogP contribution in [0.3, 0.4) is 0 Å². The van der Waals surface area contributed by atoms with E-state index in [0.717, 1.165) is 12.0 Å². The molecule has 0 amide bonds. The summed E-state index contributed by atoms with van der Waals surface area (Å²) in [6.07, 6.45) is 4.42. The molecule has 2 bridgehead atoms. The molecule has 18 heavy (non-hydrogen) atoms. The van der Waals surface area contributed by atoms with Crippen molar-refractivity contribution in [3.8, 4) is 6.07 Å². The lowest BCUT2D eigenvalue weighted by atomic mass is 9.94. The first-order chi connectivity index (χ1) is 8.76. The number of rotatable bonds is 3. The Morgan fingerprint density at radius 1 is 1.44 bits per heavy atom. The van der Waals surface area contributed by atoms with Gasteiger partial charge in [-0.05, 0) is 43.9 Å². The number of hydrogen-bond donors (Lipinski definition) is 1. The van der Waals surface area contributed by atoms with Crippen molar-refractivity contribution >= 4 is 0 Å². The number of nitrogens with zero attached hydrogens (tertiary/aromatic N) is 1. The third kappa shape index (κ3) is 2.14. The van der Waals surface area contributed by atoms with E-state index in [0.29, 0.717) is 18.2 Å². The van der Waals surface area contributed by atoms with Gasteiger partial charge in [-0.15, -0.1) is 0 Å². The highest BCUT2D eigenvalue weighted by Gasteiger charge is 2.40. The third-order valence-corrected chi connectivity index (χ3v) is 4.09. The van der Waals surface area contributed by atoms with Gasteiger partial charge < -0.3 is 10.1 Å². The normalized spacial score (nSPS) is 31.2. The molecule has 0 radical (unpaired) electrons. The standard InChI is InChI=1S/C15H18N2O/c1-10(12-4-2-3-11(7-12)9-16)17-14-8-13-5-6-15(14)18-13/h2-4,7,10,13-15,17H,5-6,8H2,1H3. The van der Waals surface area contributed by atoms with Crippen LogP contribution in [0.4, 0.5) is 0 Å². The molecule has 0 spiro atoms. The van der Waals surface area contributed by atoms with Crippen molar-refractivity contribution in [2.45, 2.75) is 50.5 Å². The average molecular weight is 242 g/mol. The van der Waals surface area contributed by atoms with Crippen molar-refractivity contribution < 1.29 is 4.74 Å². The molecule has 2 heterocycles. The van der Waals surface area contributed by atoms with Gasteiger partial charge in [0.25, 0.3) is 0 Å². The SMILES string of the molecule is CC(NC1CC2CCC1O2)c1cccc(C#N)c1. The summed E-state index contributed by atoms with van der Waals surface area (Å²) < 4.78 is 5.85. The van der Waals surface area contributed by atoms with Crippen molar-refractivity contribution in [2.24, 2.45) is 0 Å². The van der Waals surface area contributed by atoms with Crippen molar-refractivity contribution in [3.05, 3.63) is 35.4 Å². The van der Waals surface area contributed by atoms with Gasteiger partial charge in [-0.25, -0.2) is 0 Å². The maximum Gasteiger partial charge on any atom is 0.0991 e. The van der Waals surface area contributed by atoms with Crippen LogP contribution in [0.2, 0.25) is 0 Å². The first kappa shape index (κ1) is 11.7. The van der Waals surface area contributed by atoms with Gasteiger partial charge in [-0.1, -0.05) is 12.1 Å². The third-order valence-electron chi connectivity index (χ3n) is 4.09. The predicted octanol–water partition coefficient (Wildman–Crippen LogP) is 2.53. The van der Waals surface area contributed by atoms with Crippen LogP contribution in [0.25, 0.3) is 0 Å². The summed E-state index contributed by atoms with van der Waals surface area (Å²) in [5, 5.41) is 12.6. The molecule has 0 aromatic heterocycles. The molecule has 0 saturated carbocycles. The molecule has 3 nitrogen and oxygen atoms in total. The van der Waals surface area contributed by atoms with Crippen LogP contribution in [0, 0.1) is 11.3 Å². The second-order valence-electron chi connectivity index (χ2n) is 5.34. The van der Waals surface area contributed by atoms with E-state index in [-0.39, 0.29) is 6.04 Å². The maximum absolute atomic E-state index is 8.92. The lowest BCUT2D eigenvalue weighted by Crippen LogP contribution is -2.38. The molecule has 94 valence electrons. The molecule has 0 aliphatic carbocycles. The number of fused-ring (bicyclic) bond motifs is 2. The Morgan fingerprint density at radius 2 is 2.33 bits per heavy atom. The largest absolute Gasteiger partial charge is 0.373 e. The van der Waals surface area contributed by atoms with E-state index in [1.165, 1.54) is 18.4 Å². The van der Waals surface area contributed by atoms with Gasteiger partial charge in [-0.3, -0.25) is 0 Å². The fourth-order valence-corrected chi connectivity index (χ4v) is 3.11. The fourth-order valence-electron chi connectivity index (χ4n) is 3.11. The minimum atomic E-state index is 0.270. The highest BCUT2D eigenvalue weighted by Crippen LogP contribution is 2.35. The summed E-state index contributed by atoms with van der Waals surface area (Å²) in [7, 11) is 0. The van der Waals surface area contributed by atoms with Gasteiger partial charge in [0, 0.05) is 12.1 Å². The summed E-state index contributed by atoms with van der Waals surface area (Å²) in [6.45, 7) is 2.16. The number of nitriles is 1. The Morgan fingerprint density at radius 3 is 3.00 bits per heavy atom. The number of benzene rings is 1. The lowest BCUT2D eigenvalue weighted by Gasteiger charge is -2.24. The first-order valence-corrected chi connectivity index (χ1v) is 6.68. The second-order valence-corrected chi connectivity index (χ2v) is 5.34. The Labute approximate surface area is 108 Å². The zero-order valence-corrected chi connectivity index (χ0v) is 10.6. The molecule has 2 saturated heterocycles. The smallest absolute Gasteiger partial charge is 0.0991 e. The highest BCUT2D eigenvalue weighted by molar-refractivity contribution is 5.34. The summed E-state index contributed by atoms with van der Waals surface area (Å²) in [4.78, 5) is 0. The monoisotopic (exact) mass is 242 g/mol. The van der Waals surface area contributed by atoms with E-state index in [4.69, 9.17) is 10.00 Å². The van der Waals surface area contributed by atoms with E-state index in [2.05, 4.69) is 24.4 Å². The molecule has 4 unspecified atom stereocenters. The summed E-state index contributed by atoms with van der Waals surface area (Å²) in [5.41, 5.74) is 1.90. The lowest BCUT2D eigenvalue weighted by molar-refractivity contribution is 0.0962. The van der Waals surface area contributed by atoms with E-state index < -0.39 is 0 Å². The molecule has 3 heteroatoms. The van der Waals surface area contributed by atoms with Gasteiger partial charge in [0.2, 0.25) is 0 Å². The molecule has 2 aliphatic heterocycles. The summed E-state index contributed by atoms with van der Waals surface area (Å²) >= 11 is 0. The van der Waals surface area contributed by atoms with Crippen molar-refractivity contribution in [1.82, 2.24) is 5.32 Å². The van der Waals surface area contributed by atoms with E-state index >= 15 is 0 Å². The number of ether oxygens (including phenoxy) is 1. The molecule has 1 aromatic carbocycles. The second kappa shape index (κ2) is 4.72. The summed E-state index contributed by atoms with van der Waals surface area (Å²) in [5.74, 6) is 0. The topological polar surface area (TPSA) is 45.0 Å². The van der Waals surface area contributed by atoms with E-state index in [1.807, 2.05) is 18.2 Å². The Kier molecular flexibility index (Phi) is 3.07. The maximum atomic E-state index is 8.92. The van der Waals surface area contributed by atoms with Crippen molar-refractivity contribution in [1.29, 1.82) is 5.26 Å². The van der Waals surface area contributed by atoms with Gasteiger partial charge in [0.15, 0.2) is 0 Å². The molecule has 1 N–H and O–H groups in total. The highest BCUT2D eigenvalue weighted by atomic mass is 16.5. The van der Waals surface area contributed by atoms with Crippen LogP contribution < -0.4 is 5.32 Å². The molecule has 2 aliphatic rings. The Bertz CT molecular complexity index is 480. The molecule has 1 aromatic rings. The molecular weight excluding hydrogens is 224 g/mol. The number of hydrogen-bond acceptors (Lipinski definition) is 3. The van der Waals surface area contributed by atoms with Crippen LogP contribution in [0.15, 0.2) is 24.3 Å². The summed E-state index contributed by atoms with van der Waals surface area (Å²) in [6, 6.07) is 10.8. The van der Waals surface area contributed by atoms with Crippen molar-refractivity contribution in [2.75, 3.05) is 0 Å². The Balaban J connectivity index is 1.67. The molecule has 2 fully saturated rings. The van der Waals surface area contributed by atoms with Gasteiger partial charge >= 0.3 is 0 Å². The van der Waals surface area contributed by atoms with Crippen LogP contribution in [-0.4, -0.2) is 18.2 Å². The fraction of sp³-hybridized carbons (Fsp3) is 0.533. The van der Waals surface area contributed by atoms with Crippen LogP contribution >= 0.6 is 0 Å². The van der Waals surface area contributed by atoms with Crippen LogP contribution in [0.5, 0.6) is 0 Å². The minimum Gasteiger partial charge on any atom is -0.373 e. The van der Waals surface area contributed by atoms with Gasteiger partial charge in [-0.2, -0.15) is 5.26 Å². The average Bonchev–Trinajstić information content (AvgIpc) is 3.01. The zero-order valence-electron chi connectivity index (χ0n) is 10.6. The van der Waals surface area contributed by atoms with Crippen LogP contribution in [0.1, 0.15) is 43.4 Å². The molecule has 3 rings (SSSR count). The molecular formula is C15H18N2O. The van der Waals surface area contributed by atoms with E-state index in [1.54, 1.807) is 0 Å². The van der Waals surface area contributed by atoms with E-state index in [9.17, 15) is 0 Å². The minimum absolute atomic E-state index is 0.270.